The number of hydrogen-bond donors (Lipinski definition) is 3. The molecule has 0 aliphatic rings. The molecule has 1 rings (SSSR count). The molecule has 1 atom stereocenters. The Morgan fingerprint density at radius 3 is 2.40 bits per heavy atom. The fraction of sp³-hybridized carbons (Fsp3) is 0.500. The van der Waals surface area contributed by atoms with Gasteiger partial charge < -0.3 is 25.0 Å². The Kier molecular flexibility index (Phi) is 4.83. The third-order valence-corrected chi connectivity index (χ3v) is 2.54. The zero-order valence-corrected chi connectivity index (χ0v) is 12.1. The van der Waals surface area contributed by atoms with E-state index >= 15 is 0 Å². The van der Waals surface area contributed by atoms with E-state index in [9.17, 15) is 20.1 Å². The van der Waals surface area contributed by atoms with Crippen molar-refractivity contribution in [2.75, 3.05) is 13.6 Å². The molecule has 0 heterocycles. The third-order valence-electron chi connectivity index (χ3n) is 2.54. The van der Waals surface area contributed by atoms with Crippen molar-refractivity contribution in [3.8, 4) is 11.5 Å². The summed E-state index contributed by atoms with van der Waals surface area (Å²) in [6.07, 6.45) is -1.53. The Balaban J connectivity index is 2.67. The number of aliphatic hydroxyl groups excluding tert-OH is 1. The van der Waals surface area contributed by atoms with E-state index in [0.717, 1.165) is 0 Å². The molecule has 0 aliphatic heterocycles. The highest BCUT2D eigenvalue weighted by molar-refractivity contribution is 5.67. The van der Waals surface area contributed by atoms with Crippen LogP contribution < -0.4 is 0 Å². The maximum absolute atomic E-state index is 11.7. The van der Waals surface area contributed by atoms with Gasteiger partial charge in [0.2, 0.25) is 0 Å². The van der Waals surface area contributed by atoms with Crippen LogP contribution in [0, 0.1) is 0 Å². The van der Waals surface area contributed by atoms with Gasteiger partial charge in [0.15, 0.2) is 11.5 Å². The highest BCUT2D eigenvalue weighted by atomic mass is 16.6. The largest absolute Gasteiger partial charge is 0.504 e. The minimum absolute atomic E-state index is 0.0130. The molecule has 0 saturated heterocycles. The van der Waals surface area contributed by atoms with Crippen molar-refractivity contribution in [1.29, 1.82) is 0 Å². The van der Waals surface area contributed by atoms with Crippen molar-refractivity contribution in [3.63, 3.8) is 0 Å². The number of carbonyl (C=O) groups is 1. The quantitative estimate of drug-likeness (QED) is 0.738. The molecular weight excluding hydrogens is 262 g/mol. The average molecular weight is 283 g/mol. The number of phenols is 2. The molecule has 6 nitrogen and oxygen atoms in total. The summed E-state index contributed by atoms with van der Waals surface area (Å²) in [5.41, 5.74) is -0.205. The van der Waals surface area contributed by atoms with E-state index in [0.29, 0.717) is 5.56 Å². The van der Waals surface area contributed by atoms with Gasteiger partial charge in [-0.15, -0.1) is 0 Å². The average Bonchev–Trinajstić information content (AvgIpc) is 2.30. The lowest BCUT2D eigenvalue weighted by Crippen LogP contribution is -2.36. The van der Waals surface area contributed by atoms with E-state index < -0.39 is 17.8 Å². The molecule has 1 aromatic rings. The van der Waals surface area contributed by atoms with Crippen LogP contribution in [0.25, 0.3) is 0 Å². The first-order valence-electron chi connectivity index (χ1n) is 6.24. The summed E-state index contributed by atoms with van der Waals surface area (Å²) in [4.78, 5) is 13.0. The van der Waals surface area contributed by atoms with Gasteiger partial charge in [-0.25, -0.2) is 4.79 Å². The first kappa shape index (κ1) is 16.1. The summed E-state index contributed by atoms with van der Waals surface area (Å²) in [7, 11) is 1.51. The van der Waals surface area contributed by atoms with Gasteiger partial charge in [-0.1, -0.05) is 6.07 Å². The predicted octanol–water partition coefficient (Wildman–Crippen LogP) is 2.00. The van der Waals surface area contributed by atoms with Gasteiger partial charge >= 0.3 is 6.09 Å². The summed E-state index contributed by atoms with van der Waals surface area (Å²) in [5.74, 6) is -0.581. The highest BCUT2D eigenvalue weighted by Crippen LogP contribution is 2.28. The van der Waals surface area contributed by atoms with E-state index in [-0.39, 0.29) is 18.0 Å². The van der Waals surface area contributed by atoms with E-state index in [2.05, 4.69) is 0 Å². The number of rotatable bonds is 3. The Labute approximate surface area is 118 Å². The Morgan fingerprint density at radius 1 is 1.30 bits per heavy atom. The molecule has 0 spiro atoms. The third kappa shape index (κ3) is 4.62. The number of aliphatic hydroxyl groups is 1. The molecule has 1 amide bonds. The van der Waals surface area contributed by atoms with Crippen molar-refractivity contribution >= 4 is 6.09 Å². The molecule has 0 fully saturated rings. The summed E-state index contributed by atoms with van der Waals surface area (Å²) >= 11 is 0. The zero-order chi connectivity index (χ0) is 15.5. The summed E-state index contributed by atoms with van der Waals surface area (Å²) in [6.45, 7) is 5.28. The molecule has 0 aliphatic carbocycles. The fourth-order valence-corrected chi connectivity index (χ4v) is 1.53. The number of benzene rings is 1. The molecule has 1 unspecified atom stereocenters. The van der Waals surface area contributed by atoms with Gasteiger partial charge in [0.25, 0.3) is 0 Å². The smallest absolute Gasteiger partial charge is 0.410 e. The number of ether oxygens (including phenoxy) is 1. The van der Waals surface area contributed by atoms with Crippen LogP contribution in [-0.4, -0.2) is 45.5 Å². The topological polar surface area (TPSA) is 90.2 Å². The molecule has 0 bridgehead atoms. The van der Waals surface area contributed by atoms with E-state index in [1.54, 1.807) is 20.8 Å². The number of hydrogen-bond acceptors (Lipinski definition) is 5. The van der Waals surface area contributed by atoms with Crippen LogP contribution in [0.3, 0.4) is 0 Å². The van der Waals surface area contributed by atoms with Crippen LogP contribution in [0.4, 0.5) is 4.79 Å². The minimum Gasteiger partial charge on any atom is -0.504 e. The molecule has 112 valence electrons. The van der Waals surface area contributed by atoms with Gasteiger partial charge in [0, 0.05) is 7.05 Å². The molecule has 1 aromatic carbocycles. The zero-order valence-electron chi connectivity index (χ0n) is 12.1. The van der Waals surface area contributed by atoms with Gasteiger partial charge in [0.05, 0.1) is 12.6 Å². The highest BCUT2D eigenvalue weighted by Gasteiger charge is 2.22. The molecule has 0 aromatic heterocycles. The number of nitrogens with zero attached hydrogens (tertiary/aromatic N) is 1. The Morgan fingerprint density at radius 2 is 1.90 bits per heavy atom. The Hall–Kier alpha value is -1.95. The van der Waals surface area contributed by atoms with Crippen LogP contribution in [0.5, 0.6) is 11.5 Å². The first-order chi connectivity index (χ1) is 9.10. The van der Waals surface area contributed by atoms with Crippen molar-refractivity contribution in [2.24, 2.45) is 0 Å². The van der Waals surface area contributed by atoms with Crippen LogP contribution in [0.2, 0.25) is 0 Å². The molecule has 3 N–H and O–H groups in total. The second-order valence-electron chi connectivity index (χ2n) is 5.62. The lowest BCUT2D eigenvalue weighted by molar-refractivity contribution is 0.0205. The molecule has 0 saturated carbocycles. The van der Waals surface area contributed by atoms with Crippen LogP contribution in [0.15, 0.2) is 18.2 Å². The van der Waals surface area contributed by atoms with Crippen LogP contribution in [-0.2, 0) is 4.74 Å². The Bertz CT molecular complexity index is 481. The van der Waals surface area contributed by atoms with Gasteiger partial charge in [-0.05, 0) is 38.5 Å². The van der Waals surface area contributed by atoms with Crippen molar-refractivity contribution < 1.29 is 24.9 Å². The normalized spacial score (nSPS) is 12.8. The number of amides is 1. The van der Waals surface area contributed by atoms with E-state index in [1.807, 2.05) is 0 Å². The minimum atomic E-state index is -0.987. The summed E-state index contributed by atoms with van der Waals surface area (Å²) in [5, 5.41) is 28.6. The SMILES string of the molecule is CN(CC(O)c1ccc(O)c(O)c1)C(=O)OC(C)(C)C. The van der Waals surface area contributed by atoms with E-state index in [1.165, 1.54) is 30.1 Å². The fourth-order valence-electron chi connectivity index (χ4n) is 1.53. The predicted molar refractivity (Wildman–Crippen MR) is 73.6 cm³/mol. The second kappa shape index (κ2) is 6.00. The number of phenolic OH excluding ortho intramolecular Hbond substituents is 2. The van der Waals surface area contributed by atoms with Crippen molar-refractivity contribution in [2.45, 2.75) is 32.5 Å². The molecule has 0 radical (unpaired) electrons. The maximum atomic E-state index is 11.7. The maximum Gasteiger partial charge on any atom is 0.410 e. The lowest BCUT2D eigenvalue weighted by atomic mass is 10.1. The van der Waals surface area contributed by atoms with Crippen LogP contribution in [0.1, 0.15) is 32.4 Å². The van der Waals surface area contributed by atoms with Crippen molar-refractivity contribution in [3.05, 3.63) is 23.8 Å². The standard InChI is InChI=1S/C14H21NO5/c1-14(2,3)20-13(19)15(4)8-12(18)9-5-6-10(16)11(17)7-9/h5-7,12,16-18H,8H2,1-4H3. The number of aromatic hydroxyl groups is 2. The van der Waals surface area contributed by atoms with Crippen molar-refractivity contribution in [1.82, 2.24) is 4.90 Å². The van der Waals surface area contributed by atoms with Gasteiger partial charge in [-0.3, -0.25) is 0 Å². The van der Waals surface area contributed by atoms with Crippen LogP contribution >= 0.6 is 0 Å². The first-order valence-corrected chi connectivity index (χ1v) is 6.24. The summed E-state index contributed by atoms with van der Waals surface area (Å²) in [6, 6.07) is 4.01. The summed E-state index contributed by atoms with van der Waals surface area (Å²) < 4.78 is 5.17. The van der Waals surface area contributed by atoms with E-state index in [4.69, 9.17) is 4.74 Å². The molecule has 6 heteroatoms. The monoisotopic (exact) mass is 283 g/mol. The lowest BCUT2D eigenvalue weighted by Gasteiger charge is -2.26. The molecule has 20 heavy (non-hydrogen) atoms. The number of likely N-dealkylation sites (N-methyl/N-ethyl adjacent to an activating group) is 1. The van der Waals surface area contributed by atoms with Gasteiger partial charge in [-0.2, -0.15) is 0 Å². The second-order valence-corrected chi connectivity index (χ2v) is 5.62. The molecular formula is C14H21NO5. The number of carbonyl (C=O) groups excluding carboxylic acids is 1. The van der Waals surface area contributed by atoms with Gasteiger partial charge in [0.1, 0.15) is 5.60 Å².